The zero-order valence-corrected chi connectivity index (χ0v) is 17.5. The minimum Gasteiger partial charge on any atom is -0.492 e. The average Bonchev–Trinajstić information content (AvgIpc) is 3.54. The molecule has 1 heterocycles. The standard InChI is InChI=1S/C19H24FN3O4.C2H6/c1-3-7-22(8-6-21)16-14(20)9-12-15(18(16)27-2)23(11-4-5-11)10-13(17(12)24)19(25)26;1-2/h9-11H,3-8,21H2,1-2H3,(H,25,26);1-2H3. The van der Waals surface area contributed by atoms with Crippen molar-refractivity contribution in [3.63, 3.8) is 0 Å². The Hall–Kier alpha value is -2.61. The predicted molar refractivity (Wildman–Crippen MR) is 113 cm³/mol. The number of nitrogens with two attached hydrogens (primary N) is 1. The fourth-order valence-corrected chi connectivity index (χ4v) is 3.49. The number of pyridine rings is 1. The largest absolute Gasteiger partial charge is 0.492 e. The number of hydrogen-bond acceptors (Lipinski definition) is 5. The minimum atomic E-state index is -1.32. The number of aromatic nitrogens is 1. The van der Waals surface area contributed by atoms with E-state index in [4.69, 9.17) is 10.5 Å². The van der Waals surface area contributed by atoms with Crippen molar-refractivity contribution >= 4 is 22.6 Å². The van der Waals surface area contributed by atoms with Gasteiger partial charge in [0.15, 0.2) is 11.6 Å². The summed E-state index contributed by atoms with van der Waals surface area (Å²) < 4.78 is 22.4. The highest BCUT2D eigenvalue weighted by Crippen LogP contribution is 2.43. The monoisotopic (exact) mass is 407 g/mol. The van der Waals surface area contributed by atoms with E-state index >= 15 is 4.39 Å². The predicted octanol–water partition coefficient (Wildman–Crippen LogP) is 3.38. The number of fused-ring (bicyclic) bond motifs is 1. The van der Waals surface area contributed by atoms with Crippen LogP contribution in [0.5, 0.6) is 5.75 Å². The Morgan fingerprint density at radius 3 is 2.52 bits per heavy atom. The maximum atomic E-state index is 15.1. The number of carboxylic acids is 1. The van der Waals surface area contributed by atoms with Crippen LogP contribution in [-0.4, -0.2) is 42.4 Å². The Bertz CT molecular complexity index is 932. The molecule has 0 spiro atoms. The van der Waals surface area contributed by atoms with E-state index in [9.17, 15) is 14.7 Å². The van der Waals surface area contributed by atoms with Crippen molar-refractivity contribution in [1.29, 1.82) is 0 Å². The number of ether oxygens (including phenoxy) is 1. The van der Waals surface area contributed by atoms with E-state index < -0.39 is 17.2 Å². The molecule has 0 amide bonds. The Labute approximate surface area is 169 Å². The van der Waals surface area contributed by atoms with Gasteiger partial charge in [0.2, 0.25) is 5.43 Å². The minimum absolute atomic E-state index is 0.0177. The van der Waals surface area contributed by atoms with E-state index in [1.54, 1.807) is 9.47 Å². The smallest absolute Gasteiger partial charge is 0.341 e. The molecule has 2 aromatic rings. The number of hydrogen-bond donors (Lipinski definition) is 2. The molecule has 0 atom stereocenters. The van der Waals surface area contributed by atoms with Gasteiger partial charge in [-0.25, -0.2) is 9.18 Å². The summed E-state index contributed by atoms with van der Waals surface area (Å²) in [6, 6.07) is 1.20. The molecular weight excluding hydrogens is 377 g/mol. The van der Waals surface area contributed by atoms with E-state index in [-0.39, 0.29) is 28.4 Å². The second-order valence-corrected chi connectivity index (χ2v) is 6.73. The van der Waals surface area contributed by atoms with E-state index in [2.05, 4.69) is 0 Å². The number of carbonyl (C=O) groups is 1. The number of benzene rings is 1. The Balaban J connectivity index is 0.00000145. The zero-order chi connectivity index (χ0) is 21.7. The lowest BCUT2D eigenvalue weighted by molar-refractivity contribution is 0.0695. The fourth-order valence-electron chi connectivity index (χ4n) is 3.49. The van der Waals surface area contributed by atoms with E-state index in [1.807, 2.05) is 20.8 Å². The summed E-state index contributed by atoms with van der Waals surface area (Å²) in [6.45, 7) is 7.34. The van der Waals surface area contributed by atoms with E-state index in [1.165, 1.54) is 13.3 Å². The third kappa shape index (κ3) is 4.37. The molecule has 3 rings (SSSR count). The van der Waals surface area contributed by atoms with Crippen LogP contribution in [0.1, 0.15) is 56.4 Å². The summed E-state index contributed by atoms with van der Waals surface area (Å²) in [5.74, 6) is -1.70. The average molecular weight is 407 g/mol. The van der Waals surface area contributed by atoms with Crippen molar-refractivity contribution in [1.82, 2.24) is 4.57 Å². The lowest BCUT2D eigenvalue weighted by atomic mass is 10.1. The molecule has 0 saturated heterocycles. The van der Waals surface area contributed by atoms with Crippen LogP contribution in [0.3, 0.4) is 0 Å². The van der Waals surface area contributed by atoms with Crippen LogP contribution < -0.4 is 20.8 Å². The van der Waals surface area contributed by atoms with E-state index in [0.717, 1.165) is 25.3 Å². The molecule has 3 N–H and O–H groups in total. The van der Waals surface area contributed by atoms with E-state index in [0.29, 0.717) is 25.2 Å². The molecule has 0 radical (unpaired) electrons. The van der Waals surface area contributed by atoms with Crippen LogP contribution in [0, 0.1) is 5.82 Å². The first-order valence-electron chi connectivity index (χ1n) is 10.1. The Morgan fingerprint density at radius 2 is 2.03 bits per heavy atom. The molecule has 1 saturated carbocycles. The summed E-state index contributed by atoms with van der Waals surface area (Å²) in [4.78, 5) is 26.0. The van der Waals surface area contributed by atoms with Crippen molar-refractivity contribution in [3.05, 3.63) is 33.9 Å². The molecule has 1 aromatic carbocycles. The molecule has 29 heavy (non-hydrogen) atoms. The van der Waals surface area contributed by atoms with Gasteiger partial charge in [-0.3, -0.25) is 4.79 Å². The van der Waals surface area contributed by atoms with Crippen LogP contribution >= 0.6 is 0 Å². The van der Waals surface area contributed by atoms with Crippen molar-refractivity contribution in [2.75, 3.05) is 31.6 Å². The number of halogens is 1. The van der Waals surface area contributed by atoms with Crippen LogP contribution in [0.2, 0.25) is 0 Å². The summed E-state index contributed by atoms with van der Waals surface area (Å²) in [5.41, 5.74) is 5.31. The lowest BCUT2D eigenvalue weighted by Crippen LogP contribution is -2.31. The molecule has 1 aliphatic rings. The van der Waals surface area contributed by atoms with Crippen LogP contribution in [0.15, 0.2) is 17.1 Å². The number of methoxy groups -OCH3 is 1. The highest BCUT2D eigenvalue weighted by atomic mass is 19.1. The summed E-state index contributed by atoms with van der Waals surface area (Å²) in [7, 11) is 1.43. The van der Waals surface area contributed by atoms with Gasteiger partial charge in [-0.15, -0.1) is 0 Å². The highest BCUT2D eigenvalue weighted by Gasteiger charge is 2.31. The third-order valence-corrected chi connectivity index (χ3v) is 4.78. The number of aromatic carboxylic acids is 1. The first kappa shape index (κ1) is 22.7. The molecule has 160 valence electrons. The van der Waals surface area contributed by atoms with Crippen LogP contribution in [-0.2, 0) is 0 Å². The van der Waals surface area contributed by atoms with Crippen LogP contribution in [0.25, 0.3) is 10.9 Å². The van der Waals surface area contributed by atoms with Gasteiger partial charge in [-0.1, -0.05) is 20.8 Å². The number of rotatable bonds is 8. The number of carboxylic acid groups (broad SMARTS) is 1. The maximum absolute atomic E-state index is 15.1. The summed E-state index contributed by atoms with van der Waals surface area (Å²) in [6.07, 6.45) is 3.87. The molecule has 0 unspecified atom stereocenters. The fraction of sp³-hybridized carbons (Fsp3) is 0.524. The third-order valence-electron chi connectivity index (χ3n) is 4.78. The van der Waals surface area contributed by atoms with Gasteiger partial charge in [0.05, 0.1) is 18.0 Å². The Kier molecular flexibility index (Phi) is 7.61. The lowest BCUT2D eigenvalue weighted by Gasteiger charge is -2.27. The number of anilines is 1. The molecule has 1 fully saturated rings. The van der Waals surface area contributed by atoms with Crippen molar-refractivity contribution in [3.8, 4) is 5.75 Å². The quantitative estimate of drug-likeness (QED) is 0.696. The van der Waals surface area contributed by atoms with Crippen molar-refractivity contribution in [2.45, 2.75) is 46.1 Å². The van der Waals surface area contributed by atoms with Gasteiger partial charge in [0, 0.05) is 31.9 Å². The first-order chi connectivity index (χ1) is 13.9. The topological polar surface area (TPSA) is 97.8 Å². The maximum Gasteiger partial charge on any atom is 0.341 e. The number of nitrogens with zero attached hydrogens (tertiary/aromatic N) is 2. The van der Waals surface area contributed by atoms with Crippen LogP contribution in [0.4, 0.5) is 10.1 Å². The van der Waals surface area contributed by atoms with Gasteiger partial charge >= 0.3 is 5.97 Å². The van der Waals surface area contributed by atoms with Crippen molar-refractivity contribution < 1.29 is 19.0 Å². The molecule has 8 heteroatoms. The SMILES string of the molecule is CC.CCCN(CCN)c1c(F)cc2c(=O)c(C(=O)O)cn(C3CC3)c2c1OC. The molecular formula is C21H30FN3O4. The molecule has 0 aliphatic heterocycles. The molecule has 1 aliphatic carbocycles. The van der Waals surface area contributed by atoms with Gasteiger partial charge in [0.1, 0.15) is 11.3 Å². The zero-order valence-electron chi connectivity index (χ0n) is 17.5. The van der Waals surface area contributed by atoms with Gasteiger partial charge in [-0.05, 0) is 25.3 Å². The normalized spacial score (nSPS) is 13.0. The summed E-state index contributed by atoms with van der Waals surface area (Å²) >= 11 is 0. The molecule has 7 nitrogen and oxygen atoms in total. The van der Waals surface area contributed by atoms with Crippen molar-refractivity contribution in [2.24, 2.45) is 5.73 Å². The highest BCUT2D eigenvalue weighted by molar-refractivity contribution is 5.97. The van der Waals surface area contributed by atoms with Gasteiger partial charge < -0.3 is 25.0 Å². The van der Waals surface area contributed by atoms with Gasteiger partial charge in [-0.2, -0.15) is 0 Å². The second-order valence-electron chi connectivity index (χ2n) is 6.73. The second kappa shape index (κ2) is 9.73. The molecule has 0 bridgehead atoms. The summed E-state index contributed by atoms with van der Waals surface area (Å²) in [5, 5.41) is 9.39. The van der Waals surface area contributed by atoms with Gasteiger partial charge in [0.25, 0.3) is 0 Å². The first-order valence-corrected chi connectivity index (χ1v) is 10.1. The molecule has 1 aromatic heterocycles. The Morgan fingerprint density at radius 1 is 1.38 bits per heavy atom.